The third-order valence-corrected chi connectivity index (χ3v) is 26.1. The number of rotatable bonds is 6. The summed E-state index contributed by atoms with van der Waals surface area (Å²) in [7, 11) is 0. The second-order valence-electron chi connectivity index (χ2n) is 34.4. The van der Waals surface area contributed by atoms with Crippen LogP contribution in [0, 0.1) is 214 Å². The lowest BCUT2D eigenvalue weighted by atomic mass is 9.60. The van der Waals surface area contributed by atoms with Gasteiger partial charge in [0.15, 0.2) is 0 Å². The van der Waals surface area contributed by atoms with Crippen molar-refractivity contribution in [1.29, 1.82) is 0 Å². The lowest BCUT2D eigenvalue weighted by Crippen LogP contribution is -2.39. The lowest BCUT2D eigenvalue weighted by molar-refractivity contribution is 0.0302. The average molecular weight is 1470 g/mol. The van der Waals surface area contributed by atoms with Crippen molar-refractivity contribution in [3.63, 3.8) is 0 Å². The largest absolute Gasteiger partial charge is 0.457 e. The van der Waals surface area contributed by atoms with E-state index in [-0.39, 0.29) is 0 Å². The minimum Gasteiger partial charge on any atom is -0.457 e. The number of benzene rings is 12. The third-order valence-electron chi connectivity index (χ3n) is 26.1. The van der Waals surface area contributed by atoms with Gasteiger partial charge in [-0.2, -0.15) is 0 Å². The van der Waals surface area contributed by atoms with Crippen LogP contribution in [0.25, 0.3) is 43.4 Å². The van der Waals surface area contributed by atoms with Crippen LogP contribution in [-0.2, 0) is 6.42 Å². The van der Waals surface area contributed by atoms with Gasteiger partial charge in [0.2, 0.25) is 0 Å². The van der Waals surface area contributed by atoms with Crippen LogP contribution in [-0.4, -0.2) is 0 Å². The molecule has 12 aromatic carbocycles. The maximum Gasteiger partial charge on any atom is 0.127 e. The van der Waals surface area contributed by atoms with Crippen LogP contribution in [0.5, 0.6) is 11.5 Å². The maximum atomic E-state index is 5.85. The third kappa shape index (κ3) is 24.1. The van der Waals surface area contributed by atoms with E-state index in [9.17, 15) is 0 Å². The Labute approximate surface area is 670 Å². The van der Waals surface area contributed by atoms with Crippen LogP contribution in [0.4, 0.5) is 0 Å². The lowest BCUT2D eigenvalue weighted by Gasteiger charge is -2.45. The van der Waals surface area contributed by atoms with Crippen LogP contribution >= 0.6 is 0 Å². The molecule has 110 heavy (non-hydrogen) atoms. The first-order valence-electron chi connectivity index (χ1n) is 41.3. The molecule has 0 aromatic heterocycles. The van der Waals surface area contributed by atoms with E-state index in [4.69, 9.17) is 4.74 Å². The zero-order valence-electron chi connectivity index (χ0n) is 74.5. The molecule has 4 unspecified atom stereocenters. The maximum absolute atomic E-state index is 5.85. The Morgan fingerprint density at radius 3 is 0.673 bits per heavy atom. The van der Waals surface area contributed by atoms with E-state index in [1.54, 1.807) is 0 Å². The highest BCUT2D eigenvalue weighted by atomic mass is 16.5. The SMILES string of the molecule is CC1C(C)C(C)C1C.CCC1C(C)CC(C)C1C.Cc1cc(C)c(C)cc1C.Cc1cc2cc(C)c(C)cc2cc1C.Cc1cc2cc3cc(C)c(C)cc3cc2cc1C.Cc1ccc(-c2ccc(C)c(C)c2)cc1C.Cc1ccc(Cc2ccc(C)c(C)c2)cc1C.Cc1ccc(Oc2ccc(C)c(C)c2)cc1C. The van der Waals surface area contributed by atoms with E-state index in [0.29, 0.717) is 0 Å². The molecule has 0 amide bonds. The number of fused-ring (bicyclic) bond motifs is 3. The van der Waals surface area contributed by atoms with Crippen LogP contribution in [0.2, 0.25) is 0 Å². The molecule has 0 bridgehead atoms. The van der Waals surface area contributed by atoms with Crippen LogP contribution in [0.3, 0.4) is 0 Å². The first kappa shape index (κ1) is 88.4. The van der Waals surface area contributed by atoms with E-state index < -0.39 is 0 Å². The Hall–Kier alpha value is -8.78. The summed E-state index contributed by atoms with van der Waals surface area (Å²) in [6.07, 6.45) is 3.87. The zero-order chi connectivity index (χ0) is 81.4. The highest BCUT2D eigenvalue weighted by molar-refractivity contribution is 5.99. The van der Waals surface area contributed by atoms with Crippen molar-refractivity contribution in [2.75, 3.05) is 0 Å². The van der Waals surface area contributed by atoms with Gasteiger partial charge < -0.3 is 4.74 Å². The fraction of sp³-hybridized carbons (Fsp3) is 0.394. The number of hydrogen-bond donors (Lipinski definition) is 0. The molecule has 2 aliphatic rings. The predicted molar refractivity (Wildman–Crippen MR) is 489 cm³/mol. The first-order valence-corrected chi connectivity index (χ1v) is 41.3. The van der Waals surface area contributed by atoms with E-state index in [0.717, 1.165) is 65.3 Å². The minimum atomic E-state index is 0.899. The molecule has 2 fully saturated rings. The summed E-state index contributed by atoms with van der Waals surface area (Å²) in [5.41, 5.74) is 38.0. The molecule has 4 atom stereocenters. The summed E-state index contributed by atoms with van der Waals surface area (Å²) < 4.78 is 5.85. The van der Waals surface area contributed by atoms with Crippen molar-refractivity contribution in [3.8, 4) is 22.6 Å². The highest BCUT2D eigenvalue weighted by Gasteiger charge is 2.38. The molecular weight excluding hydrogens is 1330 g/mol. The molecule has 0 aliphatic heterocycles. The normalized spacial score (nSPS) is 17.3. The van der Waals surface area contributed by atoms with Gasteiger partial charge in [0.25, 0.3) is 0 Å². The minimum absolute atomic E-state index is 0.899. The van der Waals surface area contributed by atoms with Crippen molar-refractivity contribution < 1.29 is 4.74 Å². The van der Waals surface area contributed by atoms with Gasteiger partial charge in [-0.15, -0.1) is 0 Å². The van der Waals surface area contributed by atoms with Crippen molar-refractivity contribution >= 4 is 32.3 Å². The Morgan fingerprint density at radius 2 is 0.445 bits per heavy atom. The van der Waals surface area contributed by atoms with E-state index >= 15 is 0 Å². The van der Waals surface area contributed by atoms with Gasteiger partial charge in [0.1, 0.15) is 11.5 Å². The summed E-state index contributed by atoms with van der Waals surface area (Å²) >= 11 is 0. The average Bonchev–Trinajstić information content (AvgIpc) is 0.829. The zero-order valence-corrected chi connectivity index (χ0v) is 74.5. The van der Waals surface area contributed by atoms with Crippen LogP contribution in [0.1, 0.15) is 213 Å². The second-order valence-corrected chi connectivity index (χ2v) is 34.4. The Balaban J connectivity index is 0.000000177. The summed E-state index contributed by atoms with van der Waals surface area (Å²) in [6, 6.07) is 66.5. The molecule has 12 aromatic rings. The van der Waals surface area contributed by atoms with Gasteiger partial charge in [-0.05, 0) is 451 Å². The number of hydrogen-bond acceptors (Lipinski definition) is 1. The quantitative estimate of drug-likeness (QED) is 0.151. The second kappa shape index (κ2) is 39.9. The summed E-state index contributed by atoms with van der Waals surface area (Å²) in [5, 5.41) is 8.08. The monoisotopic (exact) mass is 1470 g/mol. The molecule has 582 valence electrons. The molecule has 0 spiro atoms. The van der Waals surface area contributed by atoms with Crippen molar-refractivity contribution in [3.05, 3.63) is 327 Å². The van der Waals surface area contributed by atoms with Gasteiger partial charge in [0.05, 0.1) is 0 Å². The molecule has 0 heterocycles. The van der Waals surface area contributed by atoms with Crippen molar-refractivity contribution in [2.24, 2.45) is 47.3 Å². The van der Waals surface area contributed by atoms with Crippen LogP contribution < -0.4 is 4.74 Å². The molecule has 0 saturated heterocycles. The van der Waals surface area contributed by atoms with Crippen LogP contribution in [0.15, 0.2) is 182 Å². The topological polar surface area (TPSA) is 9.23 Å². The van der Waals surface area contributed by atoms with Gasteiger partial charge in [-0.3, -0.25) is 0 Å². The summed E-state index contributed by atoms with van der Waals surface area (Å²) in [4.78, 5) is 0. The van der Waals surface area contributed by atoms with Gasteiger partial charge in [-0.1, -0.05) is 207 Å². The number of ether oxygens (including phenoxy) is 1. The van der Waals surface area contributed by atoms with Gasteiger partial charge >= 0.3 is 0 Å². The van der Waals surface area contributed by atoms with E-state index in [2.05, 4.69) is 391 Å². The molecule has 1 nitrogen and oxygen atoms in total. The molecule has 1 heteroatoms. The molecule has 14 rings (SSSR count). The smallest absolute Gasteiger partial charge is 0.127 e. The standard InChI is InChI=1S/C18H18.C17H20.C16H18O.C16H18.C14H16.C10H14.C10H20.C8H16/c1-11-5-15-9-17-7-13(3)14(4)8-18(17)10-16(15)6-12(11)2;1-12-5-7-16(9-14(12)3)11-17-8-6-13(2)15(4)10-17;1-11-5-7-15(9-13(11)3)17-16-8-6-12(2)14(4)10-16;1-11-5-7-15(9-13(11)3)16-8-6-12(2)14(4)10-16;1-9-5-13-7-11(3)12(4)8-14(13)6-10(9)2;1-7-5-9(3)10(4)6-8(7)2;1-5-10-8(3)6-7(2)9(10)4;1-5-6(2)8(4)7(5)3/h5-10H,1-4H3;5-10H,11H2,1-4H3;5-10H,1-4H3;5-10H,1-4H3;5-8H,1-4H3;5-6H,1-4H3;7-10H,5-6H2,1-4H3;5-8H,1-4H3. The highest BCUT2D eigenvalue weighted by Crippen LogP contribution is 2.45. The van der Waals surface area contributed by atoms with Crippen molar-refractivity contribution in [1.82, 2.24) is 0 Å². The fourth-order valence-electron chi connectivity index (χ4n) is 15.5. The summed E-state index contributed by atoms with van der Waals surface area (Å²) in [6.45, 7) is 70.7. The Morgan fingerprint density at radius 1 is 0.218 bits per heavy atom. The van der Waals surface area contributed by atoms with E-state index in [1.165, 1.54) is 201 Å². The van der Waals surface area contributed by atoms with Gasteiger partial charge in [-0.25, -0.2) is 0 Å². The van der Waals surface area contributed by atoms with Gasteiger partial charge in [0, 0.05) is 0 Å². The molecule has 2 aliphatic carbocycles. The van der Waals surface area contributed by atoms with E-state index in [1.807, 2.05) is 12.1 Å². The molecule has 2 saturated carbocycles. The Bertz CT molecular complexity index is 4550. The summed E-state index contributed by atoms with van der Waals surface area (Å²) in [5.74, 6) is 9.64. The fourth-order valence-corrected chi connectivity index (χ4v) is 15.5. The van der Waals surface area contributed by atoms with Crippen molar-refractivity contribution in [2.45, 2.75) is 241 Å². The predicted octanol–water partition coefficient (Wildman–Crippen LogP) is 31.9. The first-order chi connectivity index (χ1) is 51.7. The Kier molecular flexibility index (Phi) is 32.1. The molecule has 0 radical (unpaired) electrons. The molecule has 0 N–H and O–H groups in total. The molecular formula is C109H140O. The number of aryl methyl sites for hydroxylation is 24.